The van der Waals surface area contributed by atoms with Gasteiger partial charge in [0.25, 0.3) is 0 Å². The summed E-state index contributed by atoms with van der Waals surface area (Å²) in [5, 5.41) is 24.1. The molecule has 0 radical (unpaired) electrons. The molecule has 5 rings (SSSR count). The van der Waals surface area contributed by atoms with E-state index in [0.717, 1.165) is 27.7 Å². The Bertz CT molecular complexity index is 1580. The van der Waals surface area contributed by atoms with E-state index < -0.39 is 5.41 Å². The molecule has 3 aromatic carbocycles. The van der Waals surface area contributed by atoms with Crippen molar-refractivity contribution in [3.8, 4) is 11.8 Å². The van der Waals surface area contributed by atoms with Crippen molar-refractivity contribution >= 4 is 22.6 Å². The van der Waals surface area contributed by atoms with E-state index in [9.17, 15) is 14.4 Å². The third-order valence-electron chi connectivity index (χ3n) is 6.43. The maximum atomic E-state index is 13.6. The molecule has 0 saturated carbocycles. The van der Waals surface area contributed by atoms with Gasteiger partial charge in [0.15, 0.2) is 0 Å². The van der Waals surface area contributed by atoms with Gasteiger partial charge in [0.2, 0.25) is 5.91 Å². The molecule has 0 aliphatic rings. The SMILES string of the molecule is CC(C)(C(=O)Nc1[nH]ncc1C#N)C(c1ccccc1)c1ccc2c(cnn2-c2ccc(F)cc2)c1. The molecule has 2 N–H and O–H groups in total. The third-order valence-corrected chi connectivity index (χ3v) is 6.43. The highest BCUT2D eigenvalue weighted by Crippen LogP contribution is 2.42. The van der Waals surface area contributed by atoms with Crippen LogP contribution in [0.2, 0.25) is 0 Å². The maximum Gasteiger partial charge on any atom is 0.232 e. The minimum atomic E-state index is -0.903. The summed E-state index contributed by atoms with van der Waals surface area (Å²) in [6.45, 7) is 3.77. The lowest BCUT2D eigenvalue weighted by atomic mass is 9.70. The fourth-order valence-electron chi connectivity index (χ4n) is 4.56. The number of rotatable bonds is 6. The summed E-state index contributed by atoms with van der Waals surface area (Å²) >= 11 is 0. The molecule has 2 heterocycles. The minimum Gasteiger partial charge on any atom is -0.309 e. The number of nitriles is 1. The van der Waals surface area contributed by atoms with Crippen LogP contribution >= 0.6 is 0 Å². The van der Waals surface area contributed by atoms with Crippen LogP contribution in [0.1, 0.15) is 36.5 Å². The van der Waals surface area contributed by atoms with Crippen LogP contribution in [0.5, 0.6) is 0 Å². The van der Waals surface area contributed by atoms with E-state index in [1.807, 2.05) is 68.4 Å². The van der Waals surface area contributed by atoms with Crippen LogP contribution in [-0.2, 0) is 4.79 Å². The summed E-state index contributed by atoms with van der Waals surface area (Å²) in [5.74, 6) is -0.580. The number of aromatic amines is 1. The van der Waals surface area contributed by atoms with Gasteiger partial charge in [-0.3, -0.25) is 9.89 Å². The number of aromatic nitrogens is 4. The Labute approximate surface area is 207 Å². The van der Waals surface area contributed by atoms with Gasteiger partial charge in [0, 0.05) is 11.3 Å². The molecule has 0 aliphatic carbocycles. The van der Waals surface area contributed by atoms with Gasteiger partial charge in [-0.15, -0.1) is 0 Å². The number of halogens is 1. The van der Waals surface area contributed by atoms with E-state index in [-0.39, 0.29) is 29.0 Å². The zero-order valence-corrected chi connectivity index (χ0v) is 19.7. The van der Waals surface area contributed by atoms with Crippen LogP contribution in [0.25, 0.3) is 16.6 Å². The molecule has 0 fully saturated rings. The lowest BCUT2D eigenvalue weighted by Gasteiger charge is -2.34. The number of nitrogens with one attached hydrogen (secondary N) is 2. The molecular formula is C28H23FN6O. The van der Waals surface area contributed by atoms with Gasteiger partial charge < -0.3 is 5.32 Å². The fraction of sp³-hybridized carbons (Fsp3) is 0.143. The topological polar surface area (TPSA) is 99.4 Å². The minimum absolute atomic E-state index is 0.251. The number of fused-ring (bicyclic) bond motifs is 1. The van der Waals surface area contributed by atoms with E-state index in [4.69, 9.17) is 0 Å². The maximum absolute atomic E-state index is 13.6. The van der Waals surface area contributed by atoms with Gasteiger partial charge in [-0.05, 0) is 47.5 Å². The van der Waals surface area contributed by atoms with Gasteiger partial charge >= 0.3 is 0 Å². The van der Waals surface area contributed by atoms with Crippen molar-refractivity contribution in [1.82, 2.24) is 20.0 Å². The zero-order chi connectivity index (χ0) is 25.3. The van der Waals surface area contributed by atoms with Gasteiger partial charge in [-0.25, -0.2) is 9.07 Å². The van der Waals surface area contributed by atoms with Gasteiger partial charge in [0.05, 0.1) is 29.0 Å². The Morgan fingerprint density at radius 2 is 1.81 bits per heavy atom. The standard InChI is InChI=1S/C28H23FN6O/c1-28(2,27(36)33-26-21(15-30)16-31-34-26)25(18-6-4-3-5-7-18)19-8-13-24-20(14-19)17-32-35(24)23-11-9-22(29)10-12-23/h3-14,16-17,25H,1-2H3,(H2,31,33,34,36). The van der Waals surface area contributed by atoms with E-state index in [0.29, 0.717) is 0 Å². The molecule has 1 unspecified atom stereocenters. The number of hydrogen-bond acceptors (Lipinski definition) is 4. The molecule has 2 aromatic heterocycles. The Balaban J connectivity index is 1.56. The molecule has 1 atom stereocenters. The average molecular weight is 479 g/mol. The predicted molar refractivity (Wildman–Crippen MR) is 135 cm³/mol. The summed E-state index contributed by atoms with van der Waals surface area (Å²) in [7, 11) is 0. The largest absolute Gasteiger partial charge is 0.309 e. The summed E-state index contributed by atoms with van der Waals surface area (Å²) in [6.07, 6.45) is 3.14. The Hall–Kier alpha value is -4.77. The molecule has 5 aromatic rings. The molecule has 8 heteroatoms. The predicted octanol–water partition coefficient (Wildman–Crippen LogP) is 5.56. The molecule has 0 aliphatic heterocycles. The summed E-state index contributed by atoms with van der Waals surface area (Å²) in [6, 6.07) is 24.0. The lowest BCUT2D eigenvalue weighted by Crippen LogP contribution is -2.37. The first-order valence-corrected chi connectivity index (χ1v) is 11.4. The molecule has 36 heavy (non-hydrogen) atoms. The second-order valence-corrected chi connectivity index (χ2v) is 9.14. The first-order chi connectivity index (χ1) is 17.4. The van der Waals surface area contributed by atoms with Gasteiger partial charge in [0.1, 0.15) is 23.3 Å². The number of nitrogens with zero attached hydrogens (tertiary/aromatic N) is 4. The summed E-state index contributed by atoms with van der Waals surface area (Å²) in [4.78, 5) is 13.6. The third kappa shape index (κ3) is 4.12. The van der Waals surface area contributed by atoms with Crippen LogP contribution in [0.15, 0.2) is 85.2 Å². The quantitative estimate of drug-likeness (QED) is 0.334. The van der Waals surface area contributed by atoms with E-state index in [1.54, 1.807) is 23.0 Å². The number of H-pyrrole nitrogens is 1. The van der Waals surface area contributed by atoms with E-state index in [2.05, 4.69) is 20.6 Å². The lowest BCUT2D eigenvalue weighted by molar-refractivity contribution is -0.124. The van der Waals surface area contributed by atoms with Crippen molar-refractivity contribution < 1.29 is 9.18 Å². The second kappa shape index (κ2) is 9.12. The summed E-state index contributed by atoms with van der Waals surface area (Å²) in [5.41, 5.74) is 2.91. The molecule has 178 valence electrons. The van der Waals surface area contributed by atoms with Crippen LogP contribution < -0.4 is 5.32 Å². The molecule has 0 spiro atoms. The van der Waals surface area contributed by atoms with Crippen molar-refractivity contribution in [2.75, 3.05) is 5.32 Å². The highest BCUT2D eigenvalue weighted by Gasteiger charge is 2.39. The van der Waals surface area contributed by atoms with Crippen LogP contribution in [0.3, 0.4) is 0 Å². The van der Waals surface area contributed by atoms with Crippen molar-refractivity contribution in [2.45, 2.75) is 19.8 Å². The number of amides is 1. The Morgan fingerprint density at radius 3 is 2.53 bits per heavy atom. The average Bonchev–Trinajstić information content (AvgIpc) is 3.51. The van der Waals surface area contributed by atoms with Crippen LogP contribution in [-0.4, -0.2) is 25.9 Å². The Kier molecular flexibility index (Phi) is 5.82. The highest BCUT2D eigenvalue weighted by atomic mass is 19.1. The summed E-state index contributed by atoms with van der Waals surface area (Å²) < 4.78 is 15.2. The van der Waals surface area contributed by atoms with E-state index >= 15 is 0 Å². The van der Waals surface area contributed by atoms with Crippen molar-refractivity contribution in [2.24, 2.45) is 5.41 Å². The first kappa shape index (κ1) is 23.0. The van der Waals surface area contributed by atoms with Crippen molar-refractivity contribution in [1.29, 1.82) is 5.26 Å². The van der Waals surface area contributed by atoms with Gasteiger partial charge in [-0.2, -0.15) is 15.5 Å². The smallest absolute Gasteiger partial charge is 0.232 e. The fourth-order valence-corrected chi connectivity index (χ4v) is 4.56. The monoisotopic (exact) mass is 478 g/mol. The number of carbonyl (C=O) groups is 1. The highest BCUT2D eigenvalue weighted by molar-refractivity contribution is 5.96. The molecular weight excluding hydrogens is 455 g/mol. The number of hydrogen-bond donors (Lipinski definition) is 2. The zero-order valence-electron chi connectivity index (χ0n) is 19.7. The molecule has 0 bridgehead atoms. The molecule has 7 nitrogen and oxygen atoms in total. The number of carbonyl (C=O) groups excluding carboxylic acids is 1. The molecule has 1 amide bonds. The normalized spacial score (nSPS) is 12.3. The van der Waals surface area contributed by atoms with Crippen LogP contribution in [0.4, 0.5) is 10.2 Å². The number of benzene rings is 3. The van der Waals surface area contributed by atoms with Crippen LogP contribution in [0, 0.1) is 22.6 Å². The Morgan fingerprint density at radius 1 is 1.06 bits per heavy atom. The number of anilines is 1. The van der Waals surface area contributed by atoms with Crippen molar-refractivity contribution in [3.63, 3.8) is 0 Å². The van der Waals surface area contributed by atoms with E-state index in [1.165, 1.54) is 18.3 Å². The van der Waals surface area contributed by atoms with Crippen molar-refractivity contribution in [3.05, 3.63) is 108 Å². The molecule has 0 saturated heterocycles. The van der Waals surface area contributed by atoms with Gasteiger partial charge in [-0.1, -0.05) is 50.2 Å². The second-order valence-electron chi connectivity index (χ2n) is 9.14. The first-order valence-electron chi connectivity index (χ1n) is 11.4.